The van der Waals surface area contributed by atoms with E-state index in [1.165, 1.54) is 26.2 Å². The molecule has 34 heavy (non-hydrogen) atoms. The van der Waals surface area contributed by atoms with Crippen molar-refractivity contribution in [2.24, 2.45) is 40.4 Å². The molecule has 3 saturated carbocycles. The average molecular weight is 473 g/mol. The van der Waals surface area contributed by atoms with Gasteiger partial charge in [-0.25, -0.2) is 0 Å². The third-order valence-corrected chi connectivity index (χ3v) is 10.5. The van der Waals surface area contributed by atoms with Crippen molar-refractivity contribution in [1.29, 1.82) is 0 Å². The van der Waals surface area contributed by atoms with Crippen LogP contribution in [0.1, 0.15) is 92.9 Å². The monoisotopic (exact) mass is 472 g/mol. The highest BCUT2D eigenvalue weighted by Gasteiger charge is 2.70. The highest BCUT2D eigenvalue weighted by molar-refractivity contribution is 6.38. The number of nitrogens with one attached hydrogen (secondary N) is 1. The second-order valence-electron chi connectivity index (χ2n) is 12.9. The first-order valence-electron chi connectivity index (χ1n) is 13.5. The van der Waals surface area contributed by atoms with Crippen molar-refractivity contribution in [2.45, 2.75) is 105 Å². The number of rotatable bonds is 8. The van der Waals surface area contributed by atoms with E-state index in [1.807, 2.05) is 11.8 Å². The maximum atomic E-state index is 13.8. The van der Waals surface area contributed by atoms with E-state index in [-0.39, 0.29) is 40.4 Å². The van der Waals surface area contributed by atoms with Gasteiger partial charge in [-0.2, -0.15) is 0 Å². The van der Waals surface area contributed by atoms with Gasteiger partial charge in [0.1, 0.15) is 6.04 Å². The van der Waals surface area contributed by atoms with Gasteiger partial charge >= 0.3 is 0 Å². The zero-order valence-electron chi connectivity index (χ0n) is 22.0. The first-order chi connectivity index (χ1) is 15.9. The number of hydrogen-bond donors (Lipinski definition) is 1. The number of ketones is 2. The molecule has 1 aliphatic heterocycles. The van der Waals surface area contributed by atoms with E-state index in [9.17, 15) is 19.2 Å². The number of Topliss-reactive ketones (excluding diaryl/α,β-unsaturated/α-hetero) is 2. The summed E-state index contributed by atoms with van der Waals surface area (Å²) in [4.78, 5) is 54.0. The summed E-state index contributed by atoms with van der Waals surface area (Å²) in [6, 6.07) is -1.35. The molecule has 0 unspecified atom stereocenters. The van der Waals surface area contributed by atoms with Crippen molar-refractivity contribution in [3.05, 3.63) is 0 Å². The standard InChI is InChI=1S/C28H44N2O4/c1-16(19-10-8-7-9-11-19)26(34)30-15-20-22(28(5,6)27(20,3)4)23(30)25(33)29-21(14-18-12-13-18)24(32)17(2)31/h16,18-23H,7-15H2,1-6H3,(H,29,33)/t16-,20-,21-,22-,23-/m0/s1. The third-order valence-electron chi connectivity index (χ3n) is 10.5. The Morgan fingerprint density at radius 3 is 2.12 bits per heavy atom. The Kier molecular flexibility index (Phi) is 6.76. The van der Waals surface area contributed by atoms with Gasteiger partial charge in [-0.1, -0.05) is 66.7 Å². The van der Waals surface area contributed by atoms with Gasteiger partial charge in [0.15, 0.2) is 5.78 Å². The van der Waals surface area contributed by atoms with E-state index in [0.29, 0.717) is 24.8 Å². The molecule has 0 radical (unpaired) electrons. The molecule has 6 heteroatoms. The van der Waals surface area contributed by atoms with Crippen LogP contribution in [0.4, 0.5) is 0 Å². The average Bonchev–Trinajstić information content (AvgIpc) is 3.52. The molecule has 1 N–H and O–H groups in total. The number of hydrogen-bond acceptors (Lipinski definition) is 4. The summed E-state index contributed by atoms with van der Waals surface area (Å²) >= 11 is 0. The Hall–Kier alpha value is -1.72. The molecule has 0 aromatic rings. The van der Waals surface area contributed by atoms with Gasteiger partial charge < -0.3 is 10.2 Å². The summed E-state index contributed by atoms with van der Waals surface area (Å²) in [7, 11) is 0. The molecule has 1 saturated heterocycles. The number of likely N-dealkylation sites (tertiary alicyclic amines) is 1. The predicted octanol–water partition coefficient (Wildman–Crippen LogP) is 4.16. The van der Waals surface area contributed by atoms with Gasteiger partial charge in [-0.3, -0.25) is 19.2 Å². The lowest BCUT2D eigenvalue weighted by Gasteiger charge is -2.63. The Balaban J connectivity index is 1.59. The van der Waals surface area contributed by atoms with Gasteiger partial charge in [0.25, 0.3) is 0 Å². The summed E-state index contributed by atoms with van der Waals surface area (Å²) in [6.45, 7) is 12.8. The number of nitrogens with zero attached hydrogens (tertiary/aromatic N) is 1. The fraction of sp³-hybridized carbons (Fsp3) is 0.857. The van der Waals surface area contributed by atoms with Crippen molar-refractivity contribution in [3.8, 4) is 0 Å². The van der Waals surface area contributed by atoms with Crippen LogP contribution in [0, 0.1) is 40.4 Å². The van der Waals surface area contributed by atoms with Crippen molar-refractivity contribution in [1.82, 2.24) is 10.2 Å². The third kappa shape index (κ3) is 4.24. The molecule has 4 fully saturated rings. The highest BCUT2D eigenvalue weighted by Crippen LogP contribution is 2.68. The number of carbonyl (C=O) groups is 4. The van der Waals surface area contributed by atoms with Crippen LogP contribution in [-0.4, -0.2) is 46.9 Å². The first kappa shape index (κ1) is 25.4. The molecule has 0 bridgehead atoms. The van der Waals surface area contributed by atoms with Gasteiger partial charge in [0.2, 0.25) is 17.6 Å². The lowest BCUT2D eigenvalue weighted by Crippen LogP contribution is -2.64. The molecule has 2 amide bonds. The lowest BCUT2D eigenvalue weighted by atomic mass is 9.40. The van der Waals surface area contributed by atoms with E-state index in [1.54, 1.807) is 0 Å². The van der Waals surface area contributed by atoms with Gasteiger partial charge in [-0.15, -0.1) is 0 Å². The quantitative estimate of drug-likeness (QED) is 0.538. The minimum Gasteiger partial charge on any atom is -0.344 e. The van der Waals surface area contributed by atoms with Crippen LogP contribution in [0.2, 0.25) is 0 Å². The molecule has 0 spiro atoms. The topological polar surface area (TPSA) is 83.6 Å². The summed E-state index contributed by atoms with van der Waals surface area (Å²) < 4.78 is 0. The Morgan fingerprint density at radius 1 is 0.941 bits per heavy atom. The van der Waals surface area contributed by atoms with Gasteiger partial charge in [0.05, 0.1) is 6.04 Å². The zero-order valence-corrected chi connectivity index (χ0v) is 22.0. The van der Waals surface area contributed by atoms with E-state index >= 15 is 0 Å². The molecular formula is C28H44N2O4. The van der Waals surface area contributed by atoms with E-state index < -0.39 is 23.7 Å². The number of carbonyl (C=O) groups excluding carboxylic acids is 4. The van der Waals surface area contributed by atoms with Crippen LogP contribution >= 0.6 is 0 Å². The Bertz CT molecular complexity index is 852. The predicted molar refractivity (Wildman–Crippen MR) is 131 cm³/mol. The minimum absolute atomic E-state index is 0.0158. The molecule has 6 nitrogen and oxygen atoms in total. The van der Waals surface area contributed by atoms with Gasteiger partial charge in [0, 0.05) is 19.4 Å². The summed E-state index contributed by atoms with van der Waals surface area (Å²) in [5, 5.41) is 2.96. The SMILES string of the molecule is CC(=O)C(=O)[C@H](CC1CC1)NC(=O)[C@@H]1[C@@H]2[C@H](CN1C(=O)[C@@H](C)C1CCCCC1)C(C)(C)C2(C)C. The second kappa shape index (κ2) is 9.05. The summed E-state index contributed by atoms with van der Waals surface area (Å²) in [6.07, 6.45) is 8.35. The van der Waals surface area contributed by atoms with Crippen LogP contribution in [0.15, 0.2) is 0 Å². The Labute approximate surface area is 205 Å². The smallest absolute Gasteiger partial charge is 0.243 e. The van der Waals surface area contributed by atoms with Crippen molar-refractivity contribution in [3.63, 3.8) is 0 Å². The number of fused-ring (bicyclic) bond motifs is 1. The molecule has 0 aromatic heterocycles. The first-order valence-corrected chi connectivity index (χ1v) is 13.5. The van der Waals surface area contributed by atoms with Crippen LogP contribution in [-0.2, 0) is 19.2 Å². The highest BCUT2D eigenvalue weighted by atomic mass is 16.2. The van der Waals surface area contributed by atoms with Gasteiger partial charge in [-0.05, 0) is 53.8 Å². The maximum absolute atomic E-state index is 13.8. The van der Waals surface area contributed by atoms with Crippen LogP contribution in [0.3, 0.4) is 0 Å². The van der Waals surface area contributed by atoms with Crippen LogP contribution in [0.25, 0.3) is 0 Å². The molecular weight excluding hydrogens is 428 g/mol. The fourth-order valence-electron chi connectivity index (χ4n) is 7.29. The van der Waals surface area contributed by atoms with Crippen molar-refractivity contribution < 1.29 is 19.2 Å². The van der Waals surface area contributed by atoms with E-state index in [0.717, 1.165) is 25.7 Å². The van der Waals surface area contributed by atoms with Crippen LogP contribution in [0.5, 0.6) is 0 Å². The van der Waals surface area contributed by atoms with Crippen molar-refractivity contribution in [2.75, 3.05) is 6.54 Å². The Morgan fingerprint density at radius 2 is 1.56 bits per heavy atom. The molecule has 4 rings (SSSR count). The molecule has 5 atom stereocenters. The molecule has 3 aliphatic carbocycles. The fourth-order valence-corrected chi connectivity index (χ4v) is 7.29. The lowest BCUT2D eigenvalue weighted by molar-refractivity contribution is -0.162. The largest absolute Gasteiger partial charge is 0.344 e. The van der Waals surface area contributed by atoms with Crippen molar-refractivity contribution >= 4 is 23.4 Å². The maximum Gasteiger partial charge on any atom is 0.243 e. The summed E-state index contributed by atoms with van der Waals surface area (Å²) in [5.74, 6) is -0.203. The molecule has 4 aliphatic rings. The molecule has 190 valence electrons. The van der Waals surface area contributed by atoms with E-state index in [2.05, 4.69) is 33.0 Å². The minimum atomic E-state index is -0.777. The molecule has 0 aromatic carbocycles. The van der Waals surface area contributed by atoms with Crippen LogP contribution < -0.4 is 5.32 Å². The number of amides is 2. The molecule has 1 heterocycles. The second-order valence-corrected chi connectivity index (χ2v) is 12.9. The summed E-state index contributed by atoms with van der Waals surface area (Å²) in [5.41, 5.74) is -0.0960. The van der Waals surface area contributed by atoms with E-state index in [4.69, 9.17) is 0 Å². The normalized spacial score (nSPS) is 31.7. The zero-order chi connectivity index (χ0) is 25.0.